The standard InChI is InChI=1S/C12H18N4OS/c1-7(6-17)8(2)14-10-9-4-5-18-11(9)16-12(13-3)15-10/h4-5,7-8,17H,6H2,1-3H3,(H2,13,14,15,16). The molecule has 3 N–H and O–H groups in total. The maximum absolute atomic E-state index is 9.17. The summed E-state index contributed by atoms with van der Waals surface area (Å²) in [7, 11) is 1.80. The highest BCUT2D eigenvalue weighted by Gasteiger charge is 2.14. The summed E-state index contributed by atoms with van der Waals surface area (Å²) < 4.78 is 0. The van der Waals surface area contributed by atoms with Gasteiger partial charge in [0.25, 0.3) is 0 Å². The molecule has 2 atom stereocenters. The van der Waals surface area contributed by atoms with E-state index in [1.165, 1.54) is 0 Å². The van der Waals surface area contributed by atoms with Crippen molar-refractivity contribution >= 4 is 33.3 Å². The van der Waals surface area contributed by atoms with Gasteiger partial charge in [-0.05, 0) is 24.3 Å². The SMILES string of the molecule is CNc1nc(NC(C)C(C)CO)c2ccsc2n1. The molecule has 0 aliphatic carbocycles. The molecule has 0 spiro atoms. The molecule has 0 radical (unpaired) electrons. The lowest BCUT2D eigenvalue weighted by Crippen LogP contribution is -2.26. The lowest BCUT2D eigenvalue weighted by Gasteiger charge is -2.20. The Bertz CT molecular complexity index is 528. The van der Waals surface area contributed by atoms with E-state index in [4.69, 9.17) is 0 Å². The molecule has 0 saturated carbocycles. The van der Waals surface area contributed by atoms with Crippen LogP contribution in [-0.2, 0) is 0 Å². The third kappa shape index (κ3) is 2.54. The minimum atomic E-state index is 0.151. The van der Waals surface area contributed by atoms with Crippen LogP contribution < -0.4 is 10.6 Å². The second kappa shape index (κ2) is 5.49. The first kappa shape index (κ1) is 13.0. The zero-order chi connectivity index (χ0) is 13.1. The molecule has 0 bridgehead atoms. The molecule has 0 aliphatic heterocycles. The van der Waals surface area contributed by atoms with Crippen LogP contribution >= 0.6 is 11.3 Å². The van der Waals surface area contributed by atoms with Gasteiger partial charge in [0.05, 0.1) is 5.39 Å². The van der Waals surface area contributed by atoms with Gasteiger partial charge in [0.1, 0.15) is 10.6 Å². The van der Waals surface area contributed by atoms with Gasteiger partial charge in [-0.25, -0.2) is 4.98 Å². The predicted molar refractivity (Wildman–Crippen MR) is 76.3 cm³/mol. The molecule has 6 heteroatoms. The molecular weight excluding hydrogens is 248 g/mol. The van der Waals surface area contributed by atoms with E-state index in [0.29, 0.717) is 5.95 Å². The lowest BCUT2D eigenvalue weighted by molar-refractivity contribution is 0.226. The maximum atomic E-state index is 9.17. The summed E-state index contributed by atoms with van der Waals surface area (Å²) in [6.45, 7) is 4.20. The van der Waals surface area contributed by atoms with Crippen LogP contribution in [-0.4, -0.2) is 34.8 Å². The Morgan fingerprint density at radius 2 is 2.17 bits per heavy atom. The molecule has 0 fully saturated rings. The smallest absolute Gasteiger partial charge is 0.225 e. The van der Waals surface area contributed by atoms with Crippen molar-refractivity contribution in [1.82, 2.24) is 9.97 Å². The molecule has 5 nitrogen and oxygen atoms in total. The third-order valence-corrected chi connectivity index (χ3v) is 3.86. The lowest BCUT2D eigenvalue weighted by atomic mass is 10.1. The molecule has 0 amide bonds. The third-order valence-electron chi connectivity index (χ3n) is 3.05. The van der Waals surface area contributed by atoms with Crippen molar-refractivity contribution in [2.24, 2.45) is 5.92 Å². The van der Waals surface area contributed by atoms with E-state index in [9.17, 15) is 5.11 Å². The Kier molecular flexibility index (Phi) is 3.98. The quantitative estimate of drug-likeness (QED) is 0.773. The second-order valence-corrected chi connectivity index (χ2v) is 5.27. The van der Waals surface area contributed by atoms with Gasteiger partial charge in [0.2, 0.25) is 5.95 Å². The van der Waals surface area contributed by atoms with Crippen molar-refractivity contribution in [1.29, 1.82) is 0 Å². The number of aromatic nitrogens is 2. The number of hydrogen-bond donors (Lipinski definition) is 3. The Balaban J connectivity index is 2.33. The van der Waals surface area contributed by atoms with Gasteiger partial charge in [-0.3, -0.25) is 0 Å². The Hall–Kier alpha value is -1.40. The number of anilines is 2. The molecule has 2 heterocycles. The molecule has 0 aromatic carbocycles. The van der Waals surface area contributed by atoms with Gasteiger partial charge >= 0.3 is 0 Å². The molecule has 18 heavy (non-hydrogen) atoms. The molecule has 2 rings (SSSR count). The number of aliphatic hydroxyl groups excluding tert-OH is 1. The summed E-state index contributed by atoms with van der Waals surface area (Å²) in [5.74, 6) is 1.60. The monoisotopic (exact) mass is 266 g/mol. The van der Waals surface area contributed by atoms with Gasteiger partial charge in [-0.15, -0.1) is 11.3 Å². The average Bonchev–Trinajstić information content (AvgIpc) is 2.85. The van der Waals surface area contributed by atoms with Crippen molar-refractivity contribution in [2.75, 3.05) is 24.3 Å². The van der Waals surface area contributed by atoms with Crippen LogP contribution in [0.25, 0.3) is 10.2 Å². The van der Waals surface area contributed by atoms with Crippen molar-refractivity contribution in [2.45, 2.75) is 19.9 Å². The zero-order valence-corrected chi connectivity index (χ0v) is 11.6. The fourth-order valence-electron chi connectivity index (χ4n) is 1.59. The van der Waals surface area contributed by atoms with Gasteiger partial charge in [0.15, 0.2) is 0 Å². The topological polar surface area (TPSA) is 70.1 Å². The molecule has 98 valence electrons. The average molecular weight is 266 g/mol. The van der Waals surface area contributed by atoms with E-state index in [1.807, 2.05) is 25.3 Å². The van der Waals surface area contributed by atoms with Gasteiger partial charge < -0.3 is 15.7 Å². The highest BCUT2D eigenvalue weighted by Crippen LogP contribution is 2.27. The fraction of sp³-hybridized carbons (Fsp3) is 0.500. The fourth-order valence-corrected chi connectivity index (χ4v) is 2.36. The summed E-state index contributed by atoms with van der Waals surface area (Å²) in [5.41, 5.74) is 0. The molecular formula is C12H18N4OS. The number of rotatable bonds is 5. The minimum absolute atomic E-state index is 0.151. The largest absolute Gasteiger partial charge is 0.396 e. The first-order valence-corrected chi connectivity index (χ1v) is 6.84. The second-order valence-electron chi connectivity index (χ2n) is 4.38. The van der Waals surface area contributed by atoms with E-state index in [1.54, 1.807) is 18.4 Å². The van der Waals surface area contributed by atoms with Crippen molar-refractivity contribution in [3.63, 3.8) is 0 Å². The Morgan fingerprint density at radius 3 is 2.83 bits per heavy atom. The molecule has 0 aliphatic rings. The van der Waals surface area contributed by atoms with Crippen LogP contribution in [0, 0.1) is 5.92 Å². The number of fused-ring (bicyclic) bond motifs is 1. The van der Waals surface area contributed by atoms with E-state index in [2.05, 4.69) is 20.6 Å². The number of hydrogen-bond acceptors (Lipinski definition) is 6. The Labute approximate surface area is 110 Å². The van der Waals surface area contributed by atoms with Crippen molar-refractivity contribution in [3.8, 4) is 0 Å². The number of nitrogens with zero attached hydrogens (tertiary/aromatic N) is 2. The van der Waals surface area contributed by atoms with Crippen LogP contribution in [0.2, 0.25) is 0 Å². The summed E-state index contributed by atoms with van der Waals surface area (Å²) in [6, 6.07) is 2.16. The normalized spacial score (nSPS) is 14.4. The van der Waals surface area contributed by atoms with Crippen molar-refractivity contribution < 1.29 is 5.11 Å². The minimum Gasteiger partial charge on any atom is -0.396 e. The summed E-state index contributed by atoms with van der Waals surface area (Å²) in [4.78, 5) is 9.79. The highest BCUT2D eigenvalue weighted by molar-refractivity contribution is 7.16. The van der Waals surface area contributed by atoms with Gasteiger partial charge in [-0.1, -0.05) is 6.92 Å². The van der Waals surface area contributed by atoms with Crippen LogP contribution in [0.1, 0.15) is 13.8 Å². The molecule has 2 aromatic rings. The maximum Gasteiger partial charge on any atom is 0.225 e. The van der Waals surface area contributed by atoms with Crippen LogP contribution in [0.4, 0.5) is 11.8 Å². The highest BCUT2D eigenvalue weighted by atomic mass is 32.1. The number of nitrogens with one attached hydrogen (secondary N) is 2. The predicted octanol–water partition coefficient (Wildman–Crippen LogP) is 2.16. The molecule has 2 aromatic heterocycles. The van der Waals surface area contributed by atoms with Gasteiger partial charge in [-0.2, -0.15) is 4.98 Å². The van der Waals surface area contributed by atoms with Crippen LogP contribution in [0.5, 0.6) is 0 Å². The summed E-state index contributed by atoms with van der Waals surface area (Å²) in [6.07, 6.45) is 0. The van der Waals surface area contributed by atoms with E-state index < -0.39 is 0 Å². The summed E-state index contributed by atoms with van der Waals surface area (Å²) >= 11 is 1.59. The first-order valence-electron chi connectivity index (χ1n) is 5.96. The van der Waals surface area contributed by atoms with Gasteiger partial charge in [0, 0.05) is 19.7 Å². The van der Waals surface area contributed by atoms with Crippen LogP contribution in [0.3, 0.4) is 0 Å². The molecule has 2 unspecified atom stereocenters. The van der Waals surface area contributed by atoms with E-state index >= 15 is 0 Å². The van der Waals surface area contributed by atoms with E-state index in [-0.39, 0.29) is 18.6 Å². The van der Waals surface area contributed by atoms with E-state index in [0.717, 1.165) is 16.0 Å². The molecule has 0 saturated heterocycles. The number of thiophene rings is 1. The summed E-state index contributed by atoms with van der Waals surface area (Å²) in [5, 5.41) is 18.5. The Morgan fingerprint density at radius 1 is 1.39 bits per heavy atom. The van der Waals surface area contributed by atoms with Crippen LogP contribution in [0.15, 0.2) is 11.4 Å². The zero-order valence-electron chi connectivity index (χ0n) is 10.8. The first-order chi connectivity index (χ1) is 8.65. The van der Waals surface area contributed by atoms with Crippen molar-refractivity contribution in [3.05, 3.63) is 11.4 Å². The number of aliphatic hydroxyl groups is 1.